The summed E-state index contributed by atoms with van der Waals surface area (Å²) in [6.07, 6.45) is 0. The van der Waals surface area contributed by atoms with E-state index in [0.29, 0.717) is 40.5 Å². The van der Waals surface area contributed by atoms with E-state index < -0.39 is 0 Å². The SMILES string of the molecule is c1ccc(-n2c3ccccc3c3cc(-c4nc(-c5ccc6cc(-c7cccc8c7oc7cc(-c9nc(-c%10ccc%11oc%12ccccc%12c%11c%10)nc(-c%10ccc%11oc%12ccccc%12c%11c%10)n9)c(-n9c%10ccccc%10c%10cc%11ccccc%11cc%109)cc78)ccc6c5)nc(-c5cc6oc7ccccc7c6cc5-n5c6ccccc6c6cc7ccccc7cc65)n4)ccc32)cc1. The fourth-order valence-electron chi connectivity index (χ4n) is 20.1. The highest BCUT2D eigenvalue weighted by Crippen LogP contribution is 2.48. The van der Waals surface area contributed by atoms with Gasteiger partial charge in [-0.2, -0.15) is 0 Å². The largest absolute Gasteiger partial charge is 0.456 e. The van der Waals surface area contributed by atoms with Crippen LogP contribution in [0.2, 0.25) is 0 Å². The third kappa shape index (κ3) is 10.6. The molecule has 588 valence electrons. The molecule has 0 spiro atoms. The van der Waals surface area contributed by atoms with Gasteiger partial charge in [-0.3, -0.25) is 0 Å². The fourth-order valence-corrected chi connectivity index (χ4v) is 20.1. The lowest BCUT2D eigenvalue weighted by atomic mass is 9.98. The monoisotopic (exact) mass is 1620 g/mol. The quantitative estimate of drug-likeness (QED) is 0.130. The Hall–Kier alpha value is -17.4. The first-order valence-corrected chi connectivity index (χ1v) is 42.7. The Morgan fingerprint density at radius 3 is 1.02 bits per heavy atom. The lowest BCUT2D eigenvalue weighted by Crippen LogP contribution is -2.04. The third-order valence-corrected chi connectivity index (χ3v) is 26.0. The molecule has 13 nitrogen and oxygen atoms in total. The zero-order chi connectivity index (χ0) is 82.8. The second-order valence-electron chi connectivity index (χ2n) is 33.2. The Morgan fingerprint density at radius 1 is 0.165 bits per heavy atom. The zero-order valence-corrected chi connectivity index (χ0v) is 67.5. The number of rotatable bonds is 10. The van der Waals surface area contributed by atoms with Gasteiger partial charge < -0.3 is 31.4 Å². The second-order valence-corrected chi connectivity index (χ2v) is 33.2. The molecule has 0 unspecified atom stereocenters. The summed E-state index contributed by atoms with van der Waals surface area (Å²) in [5, 5.41) is 21.2. The fraction of sp³-hybridized carbons (Fsp3) is 0. The van der Waals surface area contributed by atoms with Crippen LogP contribution in [0, 0.1) is 0 Å². The molecule has 9 heterocycles. The van der Waals surface area contributed by atoms with E-state index in [2.05, 4.69) is 323 Å². The van der Waals surface area contributed by atoms with Crippen molar-refractivity contribution < 1.29 is 17.7 Å². The van der Waals surface area contributed by atoms with Crippen LogP contribution >= 0.6 is 0 Å². The Morgan fingerprint density at radius 2 is 0.504 bits per heavy atom. The molecule has 0 atom stereocenters. The molecule has 9 aromatic heterocycles. The molecule has 127 heavy (non-hydrogen) atoms. The van der Waals surface area contributed by atoms with Crippen molar-refractivity contribution in [2.24, 2.45) is 0 Å². The van der Waals surface area contributed by atoms with Crippen LogP contribution in [0.15, 0.2) is 400 Å². The summed E-state index contributed by atoms with van der Waals surface area (Å²) in [7, 11) is 0. The topological polar surface area (TPSA) is 145 Å². The molecular weight excluding hydrogens is 1560 g/mol. The zero-order valence-electron chi connectivity index (χ0n) is 67.5. The minimum absolute atomic E-state index is 0.462. The van der Waals surface area contributed by atoms with Crippen molar-refractivity contribution in [3.63, 3.8) is 0 Å². The average Bonchev–Trinajstić information content (AvgIpc) is 1.57. The summed E-state index contributed by atoms with van der Waals surface area (Å²) in [5.41, 5.74) is 22.0. The van der Waals surface area contributed by atoms with Gasteiger partial charge in [0.25, 0.3) is 0 Å². The van der Waals surface area contributed by atoms with Gasteiger partial charge >= 0.3 is 0 Å². The molecule has 0 aliphatic heterocycles. The summed E-state index contributed by atoms with van der Waals surface area (Å²) >= 11 is 0. The number of aromatic nitrogens is 9. The van der Waals surface area contributed by atoms with Gasteiger partial charge in [-0.25, -0.2) is 29.9 Å². The molecular formula is C114H63N9O4. The van der Waals surface area contributed by atoms with Gasteiger partial charge in [-0.1, -0.05) is 218 Å². The normalized spacial score (nSPS) is 12.3. The van der Waals surface area contributed by atoms with E-state index >= 15 is 0 Å². The van der Waals surface area contributed by atoms with E-state index in [1.54, 1.807) is 0 Å². The van der Waals surface area contributed by atoms with Crippen molar-refractivity contribution in [2.45, 2.75) is 0 Å². The maximum absolute atomic E-state index is 7.44. The predicted octanol–water partition coefficient (Wildman–Crippen LogP) is 30.1. The van der Waals surface area contributed by atoms with E-state index in [9.17, 15) is 0 Å². The van der Waals surface area contributed by atoms with Crippen LogP contribution in [0.4, 0.5) is 0 Å². The van der Waals surface area contributed by atoms with Crippen molar-refractivity contribution in [1.82, 2.24) is 43.6 Å². The number of hydrogen-bond donors (Lipinski definition) is 0. The third-order valence-electron chi connectivity index (χ3n) is 26.0. The smallest absolute Gasteiger partial charge is 0.166 e. The van der Waals surface area contributed by atoms with Crippen LogP contribution in [0.25, 0.3) is 282 Å². The molecule has 28 rings (SSSR count). The highest BCUT2D eigenvalue weighted by molar-refractivity contribution is 6.19. The van der Waals surface area contributed by atoms with Crippen LogP contribution in [-0.2, 0) is 0 Å². The number of nitrogens with zero attached hydrogens (tertiary/aromatic N) is 9. The number of hydrogen-bond acceptors (Lipinski definition) is 10. The molecule has 0 saturated heterocycles. The summed E-state index contributed by atoms with van der Waals surface area (Å²) < 4.78 is 34.2. The molecule has 0 aliphatic rings. The Kier molecular flexibility index (Phi) is 14.5. The predicted molar refractivity (Wildman–Crippen MR) is 516 cm³/mol. The first-order valence-electron chi connectivity index (χ1n) is 42.7. The Bertz CT molecular complexity index is 9530. The summed E-state index contributed by atoms with van der Waals surface area (Å²) in [6, 6.07) is 135. The van der Waals surface area contributed by atoms with E-state index in [0.717, 1.165) is 236 Å². The maximum atomic E-state index is 7.44. The molecule has 0 radical (unpaired) electrons. The molecule has 0 N–H and O–H groups in total. The lowest BCUT2D eigenvalue weighted by molar-refractivity contribution is 0.668. The number of furan rings is 4. The second kappa shape index (κ2) is 26.5. The van der Waals surface area contributed by atoms with Crippen molar-refractivity contribution in [1.29, 1.82) is 0 Å². The van der Waals surface area contributed by atoms with Gasteiger partial charge in [0.15, 0.2) is 34.9 Å². The van der Waals surface area contributed by atoms with E-state index in [1.807, 2.05) is 72.8 Å². The summed E-state index contributed by atoms with van der Waals surface area (Å²) in [4.78, 5) is 33.6. The molecule has 0 aliphatic carbocycles. The maximum Gasteiger partial charge on any atom is 0.166 e. The highest BCUT2D eigenvalue weighted by Gasteiger charge is 2.29. The van der Waals surface area contributed by atoms with Gasteiger partial charge in [0.05, 0.1) is 44.5 Å². The van der Waals surface area contributed by atoms with Crippen LogP contribution in [0.1, 0.15) is 0 Å². The van der Waals surface area contributed by atoms with E-state index in [1.165, 1.54) is 5.39 Å². The van der Waals surface area contributed by atoms with Crippen molar-refractivity contribution in [2.75, 3.05) is 0 Å². The van der Waals surface area contributed by atoms with Gasteiger partial charge in [0.2, 0.25) is 0 Å². The molecule has 13 heteroatoms. The van der Waals surface area contributed by atoms with Crippen LogP contribution in [0.5, 0.6) is 0 Å². The number of benzene rings is 19. The minimum Gasteiger partial charge on any atom is -0.456 e. The molecule has 0 amide bonds. The van der Waals surface area contributed by atoms with Crippen LogP contribution in [-0.4, -0.2) is 43.6 Å². The van der Waals surface area contributed by atoms with Gasteiger partial charge in [-0.05, 0) is 202 Å². The van der Waals surface area contributed by atoms with Crippen molar-refractivity contribution in [3.05, 3.63) is 382 Å². The minimum atomic E-state index is 0.462. The molecule has 19 aromatic carbocycles. The number of para-hydroxylation sites is 8. The van der Waals surface area contributed by atoms with Crippen molar-refractivity contribution in [3.8, 4) is 96.5 Å². The molecule has 28 aromatic rings. The molecule has 0 fully saturated rings. The summed E-state index contributed by atoms with van der Waals surface area (Å²) in [5.74, 6) is 2.99. The van der Waals surface area contributed by atoms with Gasteiger partial charge in [-0.15, -0.1) is 0 Å². The summed E-state index contributed by atoms with van der Waals surface area (Å²) in [6.45, 7) is 0. The van der Waals surface area contributed by atoms with E-state index in [-0.39, 0.29) is 0 Å². The molecule has 0 saturated carbocycles. The van der Waals surface area contributed by atoms with Crippen LogP contribution < -0.4 is 0 Å². The Balaban J connectivity index is 0.631. The Labute approximate surface area is 720 Å². The number of fused-ring (bicyclic) bond motifs is 24. The average molecular weight is 1620 g/mol. The standard InChI is InChI=1S/C114H63N9O4/c1-2-25-75(26-3-1)121-93-35-14-8-27-77(93)84-55-72(45-48-96(84)121)110-115-109(117-113(118-110)91-62-106-89(82-32-13-19-40-103(82)126-106)60-99(91)122-94-36-15-9-28-78(94)85-53-64-21-4-6-23-66(64)58-97(85)122)71-44-42-68-51-70(43-41-69(68)52-71)76-33-20-34-83-90-61-100(123-95-37-16-10-29-79(95)86-54-65-22-5-7-24-67(65)59-98(86)123)92(63-107(90)127-108(76)83)114-119-111(73-46-49-104-87(56-73)80-30-11-17-38-101(80)124-104)116-112(120-114)74-47-50-105-88(57-74)81-31-12-18-39-102(81)125-105/h1-63H. The van der Waals surface area contributed by atoms with E-state index in [4.69, 9.17) is 47.6 Å². The first-order chi connectivity index (χ1) is 62.9. The molecule has 0 bridgehead atoms. The van der Waals surface area contributed by atoms with Crippen molar-refractivity contribution >= 4 is 185 Å². The van der Waals surface area contributed by atoms with Gasteiger partial charge in [0, 0.05) is 120 Å². The van der Waals surface area contributed by atoms with Gasteiger partial charge in [0.1, 0.15) is 44.7 Å². The van der Waals surface area contributed by atoms with Crippen LogP contribution in [0.3, 0.4) is 0 Å². The highest BCUT2D eigenvalue weighted by atomic mass is 16.3. The lowest BCUT2D eigenvalue weighted by Gasteiger charge is -2.15. The first kappa shape index (κ1) is 69.3.